The lowest BCUT2D eigenvalue weighted by atomic mass is 10.1. The minimum Gasteiger partial charge on any atom is -0.462 e. The highest BCUT2D eigenvalue weighted by Crippen LogP contribution is 2.33. The first-order valence-corrected chi connectivity index (χ1v) is 8.19. The molecule has 2 heterocycles. The Hall–Kier alpha value is -2.52. The van der Waals surface area contributed by atoms with Crippen LogP contribution in [0.3, 0.4) is 0 Å². The molecule has 146 valence electrons. The third kappa shape index (κ3) is 4.25. The van der Waals surface area contributed by atoms with Crippen molar-refractivity contribution < 1.29 is 37.0 Å². The molecule has 3 rings (SSSR count). The van der Waals surface area contributed by atoms with Crippen molar-refractivity contribution in [2.45, 2.75) is 24.8 Å². The van der Waals surface area contributed by atoms with E-state index >= 15 is 0 Å². The molecule has 2 aromatic rings. The number of hydrogen-bond acceptors (Lipinski definition) is 5. The van der Waals surface area contributed by atoms with E-state index in [4.69, 9.17) is 19.0 Å². The van der Waals surface area contributed by atoms with E-state index in [0.29, 0.717) is 28.8 Å². The number of aliphatic hydroxyl groups is 1. The number of anilines is 1. The predicted molar refractivity (Wildman–Crippen MR) is 91.4 cm³/mol. The Morgan fingerprint density at radius 2 is 2.22 bits per heavy atom. The summed E-state index contributed by atoms with van der Waals surface area (Å²) in [6.45, 7) is 0.620. The molecule has 1 saturated heterocycles. The average Bonchev–Trinajstić information content (AvgIpc) is 3.17. The number of ether oxygens (including phenoxy) is 2. The SMILES string of the molecule is COC[C@H]1CN(c2coc3cc(C=CCC(O)C(F)(F)F)ccc23)C(=O)O1. The summed E-state index contributed by atoms with van der Waals surface area (Å²) >= 11 is 0. The van der Waals surface area contributed by atoms with Gasteiger partial charge in [-0.05, 0) is 17.7 Å². The van der Waals surface area contributed by atoms with Crippen LogP contribution in [0.1, 0.15) is 12.0 Å². The summed E-state index contributed by atoms with van der Waals surface area (Å²) in [5.41, 5.74) is 1.64. The van der Waals surface area contributed by atoms with Gasteiger partial charge < -0.3 is 19.0 Å². The lowest BCUT2D eigenvalue weighted by Crippen LogP contribution is -2.27. The molecule has 1 N–H and O–H groups in total. The number of halogens is 3. The van der Waals surface area contributed by atoms with E-state index in [1.165, 1.54) is 30.4 Å². The van der Waals surface area contributed by atoms with E-state index in [9.17, 15) is 18.0 Å². The van der Waals surface area contributed by atoms with Gasteiger partial charge in [0.1, 0.15) is 18.0 Å². The van der Waals surface area contributed by atoms with Crippen molar-refractivity contribution in [2.24, 2.45) is 0 Å². The third-order valence-corrected chi connectivity index (χ3v) is 4.14. The molecule has 1 unspecified atom stereocenters. The highest BCUT2D eigenvalue weighted by Gasteiger charge is 2.37. The number of alkyl halides is 3. The number of amides is 1. The quantitative estimate of drug-likeness (QED) is 0.820. The molecule has 1 aromatic heterocycles. The highest BCUT2D eigenvalue weighted by atomic mass is 19.4. The molecular formula is C18H18F3NO5. The first-order valence-electron chi connectivity index (χ1n) is 8.19. The molecule has 9 heteroatoms. The number of nitrogens with zero attached hydrogens (tertiary/aromatic N) is 1. The summed E-state index contributed by atoms with van der Waals surface area (Å²) < 4.78 is 52.6. The molecule has 0 aliphatic carbocycles. The number of cyclic esters (lactones) is 1. The molecule has 1 fully saturated rings. The number of rotatable bonds is 6. The number of methoxy groups -OCH3 is 1. The summed E-state index contributed by atoms with van der Waals surface area (Å²) in [6, 6.07) is 5.04. The molecule has 0 radical (unpaired) electrons. The van der Waals surface area contributed by atoms with Gasteiger partial charge in [-0.1, -0.05) is 18.2 Å². The predicted octanol–water partition coefficient (Wildman–Crippen LogP) is 3.73. The first-order chi connectivity index (χ1) is 12.8. The summed E-state index contributed by atoms with van der Waals surface area (Å²) in [6.07, 6.45) is -4.29. The summed E-state index contributed by atoms with van der Waals surface area (Å²) in [7, 11) is 1.52. The van der Waals surface area contributed by atoms with Crippen molar-refractivity contribution in [1.29, 1.82) is 0 Å². The van der Waals surface area contributed by atoms with Gasteiger partial charge in [-0.2, -0.15) is 13.2 Å². The summed E-state index contributed by atoms with van der Waals surface area (Å²) in [4.78, 5) is 13.5. The molecule has 0 spiro atoms. The van der Waals surface area contributed by atoms with E-state index in [0.717, 1.165) is 0 Å². The van der Waals surface area contributed by atoms with Crippen molar-refractivity contribution in [3.05, 3.63) is 36.1 Å². The van der Waals surface area contributed by atoms with Gasteiger partial charge in [-0.25, -0.2) is 4.79 Å². The second-order valence-electron chi connectivity index (χ2n) is 6.14. The number of aliphatic hydroxyl groups excluding tert-OH is 1. The minimum absolute atomic E-state index is 0.288. The monoisotopic (exact) mass is 385 g/mol. The van der Waals surface area contributed by atoms with Crippen LogP contribution in [0.2, 0.25) is 0 Å². The number of benzene rings is 1. The Labute approximate surface area is 152 Å². The number of fused-ring (bicyclic) bond motifs is 1. The second kappa shape index (κ2) is 7.61. The van der Waals surface area contributed by atoms with Crippen LogP contribution >= 0.6 is 0 Å². The molecule has 2 atom stereocenters. The van der Waals surface area contributed by atoms with E-state index in [2.05, 4.69) is 0 Å². The Balaban J connectivity index is 1.74. The van der Waals surface area contributed by atoms with Gasteiger partial charge in [0.25, 0.3) is 0 Å². The fourth-order valence-corrected chi connectivity index (χ4v) is 2.80. The van der Waals surface area contributed by atoms with Crippen LogP contribution in [0.5, 0.6) is 0 Å². The average molecular weight is 385 g/mol. The van der Waals surface area contributed by atoms with Crippen LogP contribution < -0.4 is 4.90 Å². The topological polar surface area (TPSA) is 72.1 Å². The molecule has 6 nitrogen and oxygen atoms in total. The zero-order valence-corrected chi connectivity index (χ0v) is 14.4. The Kier molecular flexibility index (Phi) is 5.43. The van der Waals surface area contributed by atoms with Gasteiger partial charge in [0.05, 0.1) is 18.8 Å². The van der Waals surface area contributed by atoms with Gasteiger partial charge in [-0.15, -0.1) is 0 Å². The van der Waals surface area contributed by atoms with Crippen LogP contribution in [-0.4, -0.2) is 49.8 Å². The zero-order chi connectivity index (χ0) is 19.6. The van der Waals surface area contributed by atoms with Crippen LogP contribution in [0.15, 0.2) is 35.0 Å². The standard InChI is InChI=1S/C18H18F3NO5/c1-25-9-12-8-22(17(24)27-12)14-10-26-15-7-11(5-6-13(14)15)3-2-4-16(23)18(19,20)21/h2-3,5-7,10,12,16,23H,4,8-9H2,1H3/t12-,16?/m1/s1. The molecule has 0 bridgehead atoms. The van der Waals surface area contributed by atoms with Gasteiger partial charge in [0.2, 0.25) is 0 Å². The highest BCUT2D eigenvalue weighted by molar-refractivity contribution is 6.01. The molecular weight excluding hydrogens is 367 g/mol. The fourth-order valence-electron chi connectivity index (χ4n) is 2.80. The van der Waals surface area contributed by atoms with Crippen molar-refractivity contribution in [3.8, 4) is 0 Å². The molecule has 1 amide bonds. The van der Waals surface area contributed by atoms with Crippen molar-refractivity contribution in [3.63, 3.8) is 0 Å². The summed E-state index contributed by atoms with van der Waals surface area (Å²) in [5.74, 6) is 0. The lowest BCUT2D eigenvalue weighted by Gasteiger charge is -2.11. The zero-order valence-electron chi connectivity index (χ0n) is 14.4. The van der Waals surface area contributed by atoms with Gasteiger partial charge in [-0.3, -0.25) is 4.90 Å². The number of hydrogen-bond donors (Lipinski definition) is 1. The number of carbonyl (C=O) groups excluding carboxylic acids is 1. The lowest BCUT2D eigenvalue weighted by molar-refractivity contribution is -0.202. The molecule has 0 saturated carbocycles. The second-order valence-corrected chi connectivity index (χ2v) is 6.14. The van der Waals surface area contributed by atoms with Crippen LogP contribution in [-0.2, 0) is 9.47 Å². The van der Waals surface area contributed by atoms with Crippen molar-refractivity contribution in [1.82, 2.24) is 0 Å². The molecule has 1 aliphatic rings. The maximum atomic E-state index is 12.3. The Bertz CT molecular complexity index is 845. The van der Waals surface area contributed by atoms with E-state index < -0.39 is 24.8 Å². The van der Waals surface area contributed by atoms with Gasteiger partial charge in [0, 0.05) is 18.9 Å². The van der Waals surface area contributed by atoms with Gasteiger partial charge >= 0.3 is 12.3 Å². The Morgan fingerprint density at radius 3 is 2.93 bits per heavy atom. The van der Waals surface area contributed by atoms with Crippen LogP contribution in [0, 0.1) is 0 Å². The maximum Gasteiger partial charge on any atom is 0.414 e. The van der Waals surface area contributed by atoms with Crippen molar-refractivity contribution in [2.75, 3.05) is 25.2 Å². The first kappa shape index (κ1) is 19.2. The van der Waals surface area contributed by atoms with Crippen LogP contribution in [0.4, 0.5) is 23.7 Å². The maximum absolute atomic E-state index is 12.3. The largest absolute Gasteiger partial charge is 0.462 e. The van der Waals surface area contributed by atoms with Crippen molar-refractivity contribution >= 4 is 28.8 Å². The molecule has 1 aromatic carbocycles. The minimum atomic E-state index is -4.64. The van der Waals surface area contributed by atoms with Gasteiger partial charge in [0.15, 0.2) is 6.10 Å². The van der Waals surface area contributed by atoms with Crippen LogP contribution in [0.25, 0.3) is 17.0 Å². The fraction of sp³-hybridized carbons (Fsp3) is 0.389. The normalized spacial score (nSPS) is 19.2. The Morgan fingerprint density at radius 1 is 1.44 bits per heavy atom. The molecule has 1 aliphatic heterocycles. The van der Waals surface area contributed by atoms with E-state index in [-0.39, 0.29) is 12.7 Å². The van der Waals surface area contributed by atoms with E-state index in [1.807, 2.05) is 0 Å². The number of carbonyl (C=O) groups is 1. The van der Waals surface area contributed by atoms with E-state index in [1.54, 1.807) is 18.2 Å². The number of furan rings is 1. The third-order valence-electron chi connectivity index (χ3n) is 4.14. The smallest absolute Gasteiger partial charge is 0.414 e. The summed E-state index contributed by atoms with van der Waals surface area (Å²) in [5, 5.41) is 9.67. The molecule has 27 heavy (non-hydrogen) atoms.